The number of aromatic amines is 1. The molecule has 1 aliphatic rings. The lowest BCUT2D eigenvalue weighted by Gasteiger charge is -2.36. The van der Waals surface area contributed by atoms with E-state index in [1.807, 2.05) is 33.8 Å². The smallest absolute Gasteiger partial charge is 0.274 e. The Bertz CT molecular complexity index is 1870. The van der Waals surface area contributed by atoms with E-state index in [9.17, 15) is 4.79 Å². The highest BCUT2D eigenvalue weighted by Crippen LogP contribution is 2.38. The third kappa shape index (κ3) is 6.83. The van der Waals surface area contributed by atoms with Gasteiger partial charge in [-0.15, -0.1) is 5.10 Å². The fourth-order valence-corrected chi connectivity index (χ4v) is 7.09. The molecule has 48 heavy (non-hydrogen) atoms. The van der Waals surface area contributed by atoms with Crippen LogP contribution in [0.25, 0.3) is 22.5 Å². The largest absolute Gasteiger partial charge is 0.337 e. The van der Waals surface area contributed by atoms with Crippen molar-refractivity contribution in [3.05, 3.63) is 143 Å². The van der Waals surface area contributed by atoms with Gasteiger partial charge >= 0.3 is 0 Å². The molecule has 0 saturated carbocycles. The van der Waals surface area contributed by atoms with Gasteiger partial charge in [-0.05, 0) is 75.9 Å². The summed E-state index contributed by atoms with van der Waals surface area (Å²) < 4.78 is 2.03. The zero-order valence-electron chi connectivity index (χ0n) is 27.4. The number of hydrogen-bond acceptors (Lipinski definition) is 5. The second-order valence-electron chi connectivity index (χ2n) is 12.7. The molecule has 4 aromatic carbocycles. The molecular formula is C40H41N7O. The normalized spacial score (nSPS) is 13.7. The quantitative estimate of drug-likeness (QED) is 0.157. The molecule has 0 bridgehead atoms. The highest BCUT2D eigenvalue weighted by molar-refractivity contribution is 5.92. The van der Waals surface area contributed by atoms with E-state index in [2.05, 4.69) is 119 Å². The van der Waals surface area contributed by atoms with Crippen LogP contribution >= 0.6 is 0 Å². The number of aromatic nitrogens is 6. The Kier molecular flexibility index (Phi) is 9.50. The number of tetrazole rings is 1. The van der Waals surface area contributed by atoms with Crippen molar-refractivity contribution in [1.82, 2.24) is 35.3 Å². The van der Waals surface area contributed by atoms with E-state index in [4.69, 9.17) is 5.10 Å². The highest BCUT2D eigenvalue weighted by atomic mass is 16.2. The van der Waals surface area contributed by atoms with E-state index >= 15 is 0 Å². The van der Waals surface area contributed by atoms with Crippen molar-refractivity contribution in [3.63, 3.8) is 0 Å². The lowest BCUT2D eigenvalue weighted by molar-refractivity contribution is 0.0676. The van der Waals surface area contributed by atoms with Crippen molar-refractivity contribution in [1.29, 1.82) is 0 Å². The van der Waals surface area contributed by atoms with Gasteiger partial charge in [0.15, 0.2) is 11.5 Å². The number of rotatable bonds is 11. The standard InChI is InChI=1S/C40H41N7O/c1-2-3-16-34-27-37(40(48)46-25-23-33(24-26-46)38(31-12-6-4-7-13-31)32-14-8-5-9-15-32)43-47(34)28-29-19-21-30(22-20-29)35-17-10-11-18-36(35)39-41-44-45-42-39/h4-15,17-22,27,33,38H,2-3,16,23-26,28H2,1H3,(H,41,42,44,45). The molecule has 0 aliphatic carbocycles. The maximum atomic E-state index is 13.9. The Morgan fingerprint density at radius 2 is 1.48 bits per heavy atom. The maximum Gasteiger partial charge on any atom is 0.274 e. The zero-order valence-corrected chi connectivity index (χ0v) is 27.4. The number of carbonyl (C=O) groups is 1. The third-order valence-electron chi connectivity index (χ3n) is 9.61. The van der Waals surface area contributed by atoms with Gasteiger partial charge in [0.25, 0.3) is 5.91 Å². The minimum absolute atomic E-state index is 0.0368. The molecule has 8 nitrogen and oxygen atoms in total. The highest BCUT2D eigenvalue weighted by Gasteiger charge is 2.31. The van der Waals surface area contributed by atoms with E-state index in [0.717, 1.165) is 73.1 Å². The fourth-order valence-electron chi connectivity index (χ4n) is 7.09. The number of hydrogen-bond donors (Lipinski definition) is 1. The van der Waals surface area contributed by atoms with Gasteiger partial charge < -0.3 is 4.90 Å². The second kappa shape index (κ2) is 14.6. The molecule has 0 spiro atoms. The molecular weight excluding hydrogens is 594 g/mol. The van der Waals surface area contributed by atoms with Crippen LogP contribution in [0.4, 0.5) is 0 Å². The van der Waals surface area contributed by atoms with Crippen LogP contribution in [-0.2, 0) is 13.0 Å². The van der Waals surface area contributed by atoms with Gasteiger partial charge in [0, 0.05) is 30.3 Å². The van der Waals surface area contributed by atoms with Crippen molar-refractivity contribution >= 4 is 5.91 Å². The van der Waals surface area contributed by atoms with Gasteiger partial charge in [0.1, 0.15) is 0 Å². The summed E-state index contributed by atoms with van der Waals surface area (Å²) in [7, 11) is 0. The summed E-state index contributed by atoms with van der Waals surface area (Å²) >= 11 is 0. The Balaban J connectivity index is 1.06. The van der Waals surface area contributed by atoms with Crippen LogP contribution in [0.2, 0.25) is 0 Å². The lowest BCUT2D eigenvalue weighted by Crippen LogP contribution is -2.40. The van der Waals surface area contributed by atoms with Crippen molar-refractivity contribution in [2.75, 3.05) is 13.1 Å². The third-order valence-corrected chi connectivity index (χ3v) is 9.61. The number of benzene rings is 4. The number of likely N-dealkylation sites (tertiary alicyclic amines) is 1. The topological polar surface area (TPSA) is 92.6 Å². The van der Waals surface area contributed by atoms with Crippen LogP contribution in [-0.4, -0.2) is 54.3 Å². The number of aryl methyl sites for hydroxylation is 1. The number of carbonyl (C=O) groups excluding carboxylic acids is 1. The minimum Gasteiger partial charge on any atom is -0.337 e. The Morgan fingerprint density at radius 3 is 2.10 bits per heavy atom. The first-order valence-electron chi connectivity index (χ1n) is 17.1. The molecule has 3 heterocycles. The summed E-state index contributed by atoms with van der Waals surface area (Å²) in [5.41, 5.74) is 8.57. The van der Waals surface area contributed by atoms with Gasteiger partial charge in [-0.25, -0.2) is 5.10 Å². The summed E-state index contributed by atoms with van der Waals surface area (Å²) in [5.74, 6) is 1.47. The fraction of sp³-hybridized carbons (Fsp3) is 0.275. The van der Waals surface area contributed by atoms with E-state index in [-0.39, 0.29) is 5.91 Å². The molecule has 1 N–H and O–H groups in total. The first kappa shape index (κ1) is 31.2. The molecule has 1 amide bonds. The predicted octanol–water partition coefficient (Wildman–Crippen LogP) is 7.81. The van der Waals surface area contributed by atoms with E-state index in [1.54, 1.807) is 0 Å². The summed E-state index contributed by atoms with van der Waals surface area (Å²) in [6.07, 6.45) is 4.96. The van der Waals surface area contributed by atoms with Crippen LogP contribution in [0.3, 0.4) is 0 Å². The van der Waals surface area contributed by atoms with Crippen molar-refractivity contribution < 1.29 is 4.79 Å². The summed E-state index contributed by atoms with van der Waals surface area (Å²) in [5, 5.41) is 19.4. The van der Waals surface area contributed by atoms with Crippen LogP contribution in [0.15, 0.2) is 115 Å². The molecule has 1 fully saturated rings. The number of unbranched alkanes of at least 4 members (excludes halogenated alkanes) is 1. The average molecular weight is 636 g/mol. The van der Waals surface area contributed by atoms with Crippen LogP contribution in [0, 0.1) is 5.92 Å². The first-order valence-corrected chi connectivity index (χ1v) is 17.1. The first-order chi connectivity index (χ1) is 23.7. The molecule has 0 atom stereocenters. The number of piperidine rings is 1. The monoisotopic (exact) mass is 635 g/mol. The molecule has 1 saturated heterocycles. The van der Waals surface area contributed by atoms with Crippen molar-refractivity contribution in [2.45, 2.75) is 51.5 Å². The molecule has 0 unspecified atom stereocenters. The summed E-state index contributed by atoms with van der Waals surface area (Å²) in [4.78, 5) is 15.9. The minimum atomic E-state index is 0.0368. The molecule has 0 radical (unpaired) electrons. The number of nitrogens with zero attached hydrogens (tertiary/aromatic N) is 6. The van der Waals surface area contributed by atoms with Crippen LogP contribution < -0.4 is 0 Å². The van der Waals surface area contributed by atoms with E-state index < -0.39 is 0 Å². The van der Waals surface area contributed by atoms with Crippen molar-refractivity contribution in [3.8, 4) is 22.5 Å². The van der Waals surface area contributed by atoms with E-state index in [1.165, 1.54) is 11.1 Å². The van der Waals surface area contributed by atoms with Gasteiger partial charge in [-0.2, -0.15) is 5.10 Å². The van der Waals surface area contributed by atoms with Crippen LogP contribution in [0.1, 0.15) is 71.4 Å². The van der Waals surface area contributed by atoms with Crippen molar-refractivity contribution in [2.24, 2.45) is 5.92 Å². The zero-order chi connectivity index (χ0) is 32.7. The SMILES string of the molecule is CCCCc1cc(C(=O)N2CCC(C(c3ccccc3)c3ccccc3)CC2)nn1Cc1ccc(-c2ccccc2-c2nnn[nH]2)cc1. The maximum absolute atomic E-state index is 13.9. The lowest BCUT2D eigenvalue weighted by atomic mass is 9.76. The molecule has 2 aromatic heterocycles. The molecule has 6 aromatic rings. The predicted molar refractivity (Wildman–Crippen MR) is 188 cm³/mol. The van der Waals surface area contributed by atoms with Crippen LogP contribution in [0.5, 0.6) is 0 Å². The van der Waals surface area contributed by atoms with Gasteiger partial charge in [0.05, 0.1) is 6.54 Å². The second-order valence-corrected chi connectivity index (χ2v) is 12.7. The number of H-pyrrole nitrogens is 1. The summed E-state index contributed by atoms with van der Waals surface area (Å²) in [6.45, 7) is 4.28. The average Bonchev–Trinajstić information content (AvgIpc) is 3.83. The molecule has 1 aliphatic heterocycles. The van der Waals surface area contributed by atoms with Gasteiger partial charge in [0.2, 0.25) is 0 Å². The van der Waals surface area contributed by atoms with Gasteiger partial charge in [-0.3, -0.25) is 9.48 Å². The van der Waals surface area contributed by atoms with Gasteiger partial charge in [-0.1, -0.05) is 123 Å². The number of amides is 1. The van der Waals surface area contributed by atoms with E-state index in [0.29, 0.717) is 29.9 Å². The molecule has 7 rings (SSSR count). The number of nitrogens with one attached hydrogen (secondary N) is 1. The Labute approximate surface area is 281 Å². The molecule has 242 valence electrons. The Hall–Kier alpha value is -5.37. The Morgan fingerprint density at radius 1 is 0.833 bits per heavy atom. The molecule has 8 heteroatoms. The summed E-state index contributed by atoms with van der Waals surface area (Å²) in [6, 6.07) is 40.3.